The topological polar surface area (TPSA) is 85.6 Å². The molecule has 0 bridgehead atoms. The first-order chi connectivity index (χ1) is 11.3. The van der Waals surface area contributed by atoms with Gasteiger partial charge < -0.3 is 20.5 Å². The molecular weight excluding hydrogens is 306 g/mol. The van der Waals surface area contributed by atoms with E-state index in [4.69, 9.17) is 15.2 Å². The number of benzene rings is 1. The van der Waals surface area contributed by atoms with E-state index in [1.807, 2.05) is 39.0 Å². The van der Waals surface area contributed by atoms with Crippen molar-refractivity contribution in [1.29, 1.82) is 0 Å². The molecule has 0 spiro atoms. The summed E-state index contributed by atoms with van der Waals surface area (Å²) in [6.07, 6.45) is 3.00. The van der Waals surface area contributed by atoms with E-state index >= 15 is 0 Å². The second-order valence-corrected chi connectivity index (χ2v) is 7.22. The molecule has 6 nitrogen and oxygen atoms in total. The highest BCUT2D eigenvalue weighted by molar-refractivity contribution is 5.87. The summed E-state index contributed by atoms with van der Waals surface area (Å²) in [5.41, 5.74) is 6.84. The molecule has 0 aromatic heterocycles. The van der Waals surface area contributed by atoms with Crippen molar-refractivity contribution in [3.8, 4) is 5.75 Å². The molecule has 1 amide bonds. The molecule has 0 heterocycles. The Bertz CT molecular complexity index is 569. The van der Waals surface area contributed by atoms with Crippen LogP contribution >= 0.6 is 0 Å². The number of rotatable bonds is 5. The molecule has 2 atom stereocenters. The Labute approximate surface area is 144 Å². The smallest absolute Gasteiger partial charge is 0.412 e. The molecule has 1 saturated carbocycles. The van der Waals surface area contributed by atoms with E-state index < -0.39 is 11.7 Å². The monoisotopic (exact) mass is 335 g/mol. The standard InChI is InChI=1S/C18H29N3O3/c1-18(2,3)24-17(22)21-15-9-8-13(10-16(15)23-4)20-14-7-5-6-12(14)11-19/h8-10,12,14,20H,5-7,11,19H2,1-4H3,(H,21,22). The van der Waals surface area contributed by atoms with Gasteiger partial charge in [-0.25, -0.2) is 4.79 Å². The zero-order valence-electron chi connectivity index (χ0n) is 15.0. The highest BCUT2D eigenvalue weighted by Gasteiger charge is 2.26. The van der Waals surface area contributed by atoms with Crippen LogP contribution in [0.25, 0.3) is 0 Å². The number of methoxy groups -OCH3 is 1. The fourth-order valence-electron chi connectivity index (χ4n) is 3.02. The predicted octanol–water partition coefficient (Wildman–Crippen LogP) is 3.58. The fourth-order valence-corrected chi connectivity index (χ4v) is 3.02. The van der Waals surface area contributed by atoms with E-state index in [2.05, 4.69) is 10.6 Å². The lowest BCUT2D eigenvalue weighted by atomic mass is 10.0. The van der Waals surface area contributed by atoms with E-state index in [9.17, 15) is 4.79 Å². The molecule has 2 unspecified atom stereocenters. The van der Waals surface area contributed by atoms with Gasteiger partial charge in [-0.1, -0.05) is 6.42 Å². The molecule has 1 fully saturated rings. The van der Waals surface area contributed by atoms with Crippen molar-refractivity contribution >= 4 is 17.5 Å². The minimum absolute atomic E-state index is 0.393. The minimum Gasteiger partial charge on any atom is -0.494 e. The van der Waals surface area contributed by atoms with Crippen LogP contribution in [0.4, 0.5) is 16.2 Å². The summed E-state index contributed by atoms with van der Waals surface area (Å²) in [5, 5.41) is 6.26. The molecule has 0 radical (unpaired) electrons. The number of carbonyl (C=O) groups is 1. The van der Waals surface area contributed by atoms with Gasteiger partial charge >= 0.3 is 6.09 Å². The Kier molecular flexibility index (Phi) is 5.94. The van der Waals surface area contributed by atoms with E-state index in [0.29, 0.717) is 29.9 Å². The molecule has 1 aliphatic carbocycles. The molecule has 2 rings (SSSR count). The maximum absolute atomic E-state index is 11.9. The Morgan fingerprint density at radius 2 is 2.08 bits per heavy atom. The third-order valence-corrected chi connectivity index (χ3v) is 4.15. The number of hydrogen-bond donors (Lipinski definition) is 3. The van der Waals surface area contributed by atoms with Crippen molar-refractivity contribution in [3.63, 3.8) is 0 Å². The number of carbonyl (C=O) groups excluding carboxylic acids is 1. The van der Waals surface area contributed by atoms with Gasteiger partial charge in [0.05, 0.1) is 12.8 Å². The fraction of sp³-hybridized carbons (Fsp3) is 0.611. The molecular formula is C18H29N3O3. The first-order valence-corrected chi connectivity index (χ1v) is 8.47. The number of nitrogens with one attached hydrogen (secondary N) is 2. The van der Waals surface area contributed by atoms with E-state index in [-0.39, 0.29) is 0 Å². The van der Waals surface area contributed by atoms with Gasteiger partial charge in [-0.3, -0.25) is 5.32 Å². The first-order valence-electron chi connectivity index (χ1n) is 8.47. The maximum atomic E-state index is 11.9. The second kappa shape index (κ2) is 7.75. The summed E-state index contributed by atoms with van der Waals surface area (Å²) in [5.74, 6) is 1.10. The lowest BCUT2D eigenvalue weighted by Gasteiger charge is -2.22. The van der Waals surface area contributed by atoms with Crippen LogP contribution in [0.15, 0.2) is 18.2 Å². The third-order valence-electron chi connectivity index (χ3n) is 4.15. The molecule has 134 valence electrons. The largest absolute Gasteiger partial charge is 0.494 e. The van der Waals surface area contributed by atoms with Crippen molar-refractivity contribution < 1.29 is 14.3 Å². The van der Waals surface area contributed by atoms with Crippen LogP contribution in [-0.2, 0) is 4.74 Å². The molecule has 4 N–H and O–H groups in total. The van der Waals surface area contributed by atoms with Crippen LogP contribution in [-0.4, -0.2) is 31.4 Å². The van der Waals surface area contributed by atoms with Gasteiger partial charge in [0.15, 0.2) is 0 Å². The van der Waals surface area contributed by atoms with Crippen LogP contribution < -0.4 is 21.1 Å². The van der Waals surface area contributed by atoms with Crippen LogP contribution in [0, 0.1) is 5.92 Å². The molecule has 0 saturated heterocycles. The predicted molar refractivity (Wildman–Crippen MR) is 96.7 cm³/mol. The van der Waals surface area contributed by atoms with Crippen molar-refractivity contribution in [2.45, 2.75) is 51.7 Å². The van der Waals surface area contributed by atoms with Gasteiger partial charge in [-0.05, 0) is 58.2 Å². The van der Waals surface area contributed by atoms with Crippen molar-refractivity contribution in [2.75, 3.05) is 24.3 Å². The normalized spacial score (nSPS) is 20.5. The van der Waals surface area contributed by atoms with Crippen LogP contribution in [0.2, 0.25) is 0 Å². The zero-order chi connectivity index (χ0) is 17.7. The van der Waals surface area contributed by atoms with E-state index in [1.165, 1.54) is 12.8 Å². The Morgan fingerprint density at radius 1 is 1.33 bits per heavy atom. The third kappa shape index (κ3) is 5.03. The van der Waals surface area contributed by atoms with Crippen LogP contribution in [0.1, 0.15) is 40.0 Å². The van der Waals surface area contributed by atoms with Crippen molar-refractivity contribution in [1.82, 2.24) is 0 Å². The molecule has 0 aliphatic heterocycles. The van der Waals surface area contributed by atoms with Gasteiger partial charge in [0, 0.05) is 17.8 Å². The Balaban J connectivity index is 2.06. The summed E-state index contributed by atoms with van der Waals surface area (Å²) in [6.45, 7) is 6.18. The van der Waals surface area contributed by atoms with Crippen LogP contribution in [0.3, 0.4) is 0 Å². The number of ether oxygens (including phenoxy) is 2. The van der Waals surface area contributed by atoms with Crippen LogP contribution in [0.5, 0.6) is 5.75 Å². The van der Waals surface area contributed by atoms with Gasteiger partial charge in [0.1, 0.15) is 11.4 Å². The summed E-state index contributed by atoms with van der Waals surface area (Å²) in [4.78, 5) is 11.9. The summed E-state index contributed by atoms with van der Waals surface area (Å²) in [6, 6.07) is 6.03. The molecule has 6 heteroatoms. The van der Waals surface area contributed by atoms with E-state index in [0.717, 1.165) is 12.1 Å². The second-order valence-electron chi connectivity index (χ2n) is 7.22. The lowest BCUT2D eigenvalue weighted by molar-refractivity contribution is 0.0635. The number of amides is 1. The molecule has 1 aromatic rings. The summed E-state index contributed by atoms with van der Waals surface area (Å²) >= 11 is 0. The molecule has 1 aliphatic rings. The maximum Gasteiger partial charge on any atom is 0.412 e. The minimum atomic E-state index is -0.543. The highest BCUT2D eigenvalue weighted by Crippen LogP contribution is 2.32. The highest BCUT2D eigenvalue weighted by atomic mass is 16.6. The zero-order valence-corrected chi connectivity index (χ0v) is 15.0. The average Bonchev–Trinajstić information content (AvgIpc) is 2.94. The van der Waals surface area contributed by atoms with Gasteiger partial charge in [-0.15, -0.1) is 0 Å². The van der Waals surface area contributed by atoms with Crippen molar-refractivity contribution in [2.24, 2.45) is 11.7 Å². The number of nitrogens with two attached hydrogens (primary N) is 1. The average molecular weight is 335 g/mol. The van der Waals surface area contributed by atoms with Crippen molar-refractivity contribution in [3.05, 3.63) is 18.2 Å². The Morgan fingerprint density at radius 3 is 2.71 bits per heavy atom. The SMILES string of the molecule is COc1cc(NC2CCCC2CN)ccc1NC(=O)OC(C)(C)C. The number of anilines is 2. The van der Waals surface area contributed by atoms with Gasteiger partial charge in [0.2, 0.25) is 0 Å². The lowest BCUT2D eigenvalue weighted by Crippen LogP contribution is -2.29. The van der Waals surface area contributed by atoms with Gasteiger partial charge in [0.25, 0.3) is 0 Å². The number of hydrogen-bond acceptors (Lipinski definition) is 5. The molecule has 1 aromatic carbocycles. The summed E-state index contributed by atoms with van der Waals surface area (Å²) in [7, 11) is 1.58. The van der Waals surface area contributed by atoms with Gasteiger partial charge in [-0.2, -0.15) is 0 Å². The molecule has 24 heavy (non-hydrogen) atoms. The Hall–Kier alpha value is -1.95. The first kappa shape index (κ1) is 18.4. The van der Waals surface area contributed by atoms with E-state index in [1.54, 1.807) is 7.11 Å². The quantitative estimate of drug-likeness (QED) is 0.766. The summed E-state index contributed by atoms with van der Waals surface area (Å²) < 4.78 is 10.7.